The summed E-state index contributed by atoms with van der Waals surface area (Å²) in [4.78, 5) is 8.60. The van der Waals surface area contributed by atoms with E-state index in [4.69, 9.17) is 9.72 Å². The van der Waals surface area contributed by atoms with Gasteiger partial charge in [0.05, 0.1) is 5.56 Å². The number of hydrogen-bond donors (Lipinski definition) is 0. The van der Waals surface area contributed by atoms with Crippen LogP contribution in [0.5, 0.6) is 11.5 Å². The molecule has 0 aliphatic carbocycles. The van der Waals surface area contributed by atoms with Crippen LogP contribution in [0.15, 0.2) is 206 Å². The average molecular weight is 1360 g/mol. The Hall–Kier alpha value is -9.11. The maximum Gasteiger partial charge on any atom is 0.200 e. The summed E-state index contributed by atoms with van der Waals surface area (Å²) in [7, 11) is 0. The molecule has 2 aromatic heterocycles. The van der Waals surface area contributed by atoms with Gasteiger partial charge in [-0.05, 0) is 114 Å². The molecule has 0 N–H and O–H groups in total. The van der Waals surface area contributed by atoms with E-state index >= 15 is 22.0 Å². The second-order valence-electron chi connectivity index (χ2n) is 25.6. The molecule has 448 valence electrons. The zero-order chi connectivity index (χ0) is 61.6. The van der Waals surface area contributed by atoms with Crippen molar-refractivity contribution < 1.29 is 47.8 Å². The number of halogens is 5. The van der Waals surface area contributed by atoms with Gasteiger partial charge in [-0.2, -0.15) is 6.07 Å². The average Bonchev–Trinajstić information content (AvgIpc) is 1.75. The normalized spacial score (nSPS) is 12.7. The van der Waals surface area contributed by atoms with E-state index in [0.717, 1.165) is 66.6 Å². The zero-order valence-corrected chi connectivity index (χ0v) is 52.9. The van der Waals surface area contributed by atoms with Crippen molar-refractivity contribution in [1.29, 1.82) is 0 Å². The van der Waals surface area contributed by atoms with E-state index in [0.29, 0.717) is 50.8 Å². The first kappa shape index (κ1) is 60.2. The van der Waals surface area contributed by atoms with E-state index in [1.54, 1.807) is 11.6 Å². The van der Waals surface area contributed by atoms with Crippen LogP contribution in [0, 0.1) is 47.9 Å². The Morgan fingerprint density at radius 3 is 1.60 bits per heavy atom. The number of rotatable bonds is 10. The molecule has 10 aromatic carbocycles. The Balaban J connectivity index is 0.00000769. The predicted octanol–water partition coefficient (Wildman–Crippen LogP) is 21.9. The minimum atomic E-state index is -2.25. The van der Waals surface area contributed by atoms with E-state index in [9.17, 15) is 0 Å². The van der Waals surface area contributed by atoms with Crippen molar-refractivity contribution >= 4 is 44.6 Å². The summed E-state index contributed by atoms with van der Waals surface area (Å²) in [6.45, 7) is 21.0. The Bertz CT molecular complexity index is 4650. The smallest absolute Gasteiger partial charge is 0.200 e. The van der Waals surface area contributed by atoms with E-state index in [2.05, 4.69) is 140 Å². The summed E-state index contributed by atoms with van der Waals surface area (Å²) in [6.07, 6.45) is 1.84. The summed E-state index contributed by atoms with van der Waals surface area (Å²) in [6, 6.07) is 72.3. The number of hydrogen-bond acceptors (Lipinski definition) is 4. The fraction of sp³-hybridized carbons (Fsp3) is 0.154. The minimum absolute atomic E-state index is 0. The largest absolute Gasteiger partial charge is 0.509 e. The summed E-state index contributed by atoms with van der Waals surface area (Å²) in [5.41, 5.74) is 10.4. The molecule has 12 aromatic rings. The van der Waals surface area contributed by atoms with Crippen LogP contribution in [0.2, 0.25) is 0 Å². The topological polar surface area (TPSA) is 33.5 Å². The molecule has 1 aliphatic heterocycles. The molecule has 0 radical (unpaired) electrons. The molecule has 0 unspecified atom stereocenters. The first-order valence-corrected chi connectivity index (χ1v) is 29.4. The Labute approximate surface area is 531 Å². The molecule has 5 nitrogen and oxygen atoms in total. The van der Waals surface area contributed by atoms with Gasteiger partial charge in [-0.25, -0.2) is 26.9 Å². The first-order chi connectivity index (χ1) is 42.1. The molecule has 11 heteroatoms. The van der Waals surface area contributed by atoms with E-state index < -0.39 is 34.6 Å². The third kappa shape index (κ3) is 11.1. The van der Waals surface area contributed by atoms with Crippen molar-refractivity contribution in [3.05, 3.63) is 271 Å². The van der Waals surface area contributed by atoms with Crippen LogP contribution in [-0.2, 0) is 37.3 Å². The van der Waals surface area contributed by atoms with Crippen LogP contribution in [0.1, 0.15) is 79.0 Å². The van der Waals surface area contributed by atoms with Crippen LogP contribution in [0.25, 0.3) is 83.3 Å². The van der Waals surface area contributed by atoms with Gasteiger partial charge in [0, 0.05) is 72.5 Å². The monoisotopic (exact) mass is 1360 g/mol. The van der Waals surface area contributed by atoms with Crippen LogP contribution in [0.4, 0.5) is 44.7 Å². The van der Waals surface area contributed by atoms with Gasteiger partial charge in [-0.1, -0.05) is 201 Å². The molecule has 0 atom stereocenters. The van der Waals surface area contributed by atoms with Crippen LogP contribution in [-0.4, -0.2) is 9.55 Å². The molecule has 3 heterocycles. The molecule has 13 rings (SSSR count). The Morgan fingerprint density at radius 2 is 0.955 bits per heavy atom. The number of benzene rings is 10. The van der Waals surface area contributed by atoms with Crippen LogP contribution < -0.4 is 14.5 Å². The molecule has 0 fully saturated rings. The zero-order valence-electron chi connectivity index (χ0n) is 50.6. The van der Waals surface area contributed by atoms with Gasteiger partial charge in [-0.3, -0.25) is 0 Å². The maximum atomic E-state index is 17.0. The SMILES string of the molecule is CC(C)(C)c1cc(-c2cc(-c3ccccc3)cc(-c3c(F)c(F)c(F)c(F)c3F)c2N2[CH-]N(c3[c-]c(Oc4[c-]c5c(cc4)c4ccccc4n5-c4cc(C(C)(C)C)ccn4)cc(-c4ccccc4-c4ccccc4)c3)c3ccccc32)cc(C(C)(C)C)c1.[Pt]. The van der Waals surface area contributed by atoms with Gasteiger partial charge in [0.2, 0.25) is 5.82 Å². The fourth-order valence-electron chi connectivity index (χ4n) is 11.8. The van der Waals surface area contributed by atoms with Crippen molar-refractivity contribution in [1.82, 2.24) is 9.55 Å². The molecule has 0 saturated heterocycles. The number of fused-ring (bicyclic) bond motifs is 4. The van der Waals surface area contributed by atoms with Crippen LogP contribution >= 0.6 is 0 Å². The number of pyridine rings is 1. The number of para-hydroxylation sites is 3. The van der Waals surface area contributed by atoms with E-state index in [1.165, 1.54) is 6.07 Å². The molecule has 89 heavy (non-hydrogen) atoms. The van der Waals surface area contributed by atoms with Crippen molar-refractivity contribution in [3.8, 4) is 73.0 Å². The molecule has 0 saturated carbocycles. The molecular formula is C78H62F5N4OPt-3. The fourth-order valence-corrected chi connectivity index (χ4v) is 11.8. The second kappa shape index (κ2) is 23.1. The molecule has 0 amide bonds. The number of ether oxygens (including phenoxy) is 1. The summed E-state index contributed by atoms with van der Waals surface area (Å²) >= 11 is 0. The van der Waals surface area contributed by atoms with Gasteiger partial charge in [0.15, 0.2) is 23.3 Å². The van der Waals surface area contributed by atoms with Gasteiger partial charge in [0.25, 0.3) is 0 Å². The molecule has 1 aliphatic rings. The molecule has 0 bridgehead atoms. The summed E-state index contributed by atoms with van der Waals surface area (Å²) < 4.78 is 90.2. The molecule has 0 spiro atoms. The van der Waals surface area contributed by atoms with E-state index in [-0.39, 0.29) is 48.6 Å². The standard InChI is InChI=1S/C78H62F5N4O.Pt/c1-76(2,3)52-34-35-84-68(43-52)87-64-29-19-18-28-60(64)61-33-32-56(45-67(61)87)88-57-39-51(59-27-17-16-26-58(59)48-24-14-11-15-25-48)38-55(44-57)85-46-86(66-31-21-20-30-65(66)85)75-62(50-36-53(77(4,5)6)42-54(37-50)78(7,8)9)40-49(47-22-12-10-13-23-47)41-63(75)69-70(79)72(81)74(83)73(82)71(69)80;/h10-43,46H,1-9H3;/q-3;. The maximum absolute atomic E-state index is 17.0. The van der Waals surface area contributed by atoms with Crippen LogP contribution in [0.3, 0.4) is 0 Å². The van der Waals surface area contributed by atoms with Gasteiger partial charge in [-0.15, -0.1) is 53.6 Å². The minimum Gasteiger partial charge on any atom is -0.509 e. The quantitative estimate of drug-likeness (QED) is 0.0591. The van der Waals surface area contributed by atoms with Crippen molar-refractivity contribution in [2.24, 2.45) is 0 Å². The number of nitrogens with zero attached hydrogens (tertiary/aromatic N) is 4. The third-order valence-corrected chi connectivity index (χ3v) is 16.6. The van der Waals surface area contributed by atoms with Crippen molar-refractivity contribution in [2.75, 3.05) is 9.80 Å². The van der Waals surface area contributed by atoms with Gasteiger partial charge in [0.1, 0.15) is 5.82 Å². The number of aromatic nitrogens is 2. The predicted molar refractivity (Wildman–Crippen MR) is 347 cm³/mol. The first-order valence-electron chi connectivity index (χ1n) is 29.4. The van der Waals surface area contributed by atoms with E-state index in [1.807, 2.05) is 145 Å². The summed E-state index contributed by atoms with van der Waals surface area (Å²) in [5.74, 6) is -8.77. The third-order valence-electron chi connectivity index (χ3n) is 16.6. The van der Waals surface area contributed by atoms with Crippen molar-refractivity contribution in [3.63, 3.8) is 0 Å². The Kier molecular flexibility index (Phi) is 15.6. The molecular weight excluding hydrogens is 1300 g/mol. The van der Waals surface area contributed by atoms with Gasteiger partial charge < -0.3 is 19.1 Å². The van der Waals surface area contributed by atoms with Crippen molar-refractivity contribution in [2.45, 2.75) is 78.6 Å². The van der Waals surface area contributed by atoms with Gasteiger partial charge >= 0.3 is 0 Å². The second-order valence-corrected chi connectivity index (χ2v) is 25.6. The Morgan fingerprint density at radius 1 is 0.416 bits per heavy atom. The number of anilines is 4. The summed E-state index contributed by atoms with van der Waals surface area (Å²) in [5, 5.41) is 1.99.